The lowest BCUT2D eigenvalue weighted by Crippen LogP contribution is -2.39. The fraction of sp³-hybridized carbons (Fsp3) is 0.400. The molecular formula is C15H19F2N5O. The number of carbonyl (C=O) groups excluding carboxylic acids is 1. The molecule has 1 N–H and O–H groups in total. The molecule has 8 heteroatoms. The zero-order chi connectivity index (χ0) is 16.8. The van der Waals surface area contributed by atoms with Crippen molar-refractivity contribution in [1.29, 1.82) is 0 Å². The number of alkyl halides is 2. The average Bonchev–Trinajstić information content (AvgIpc) is 3.01. The number of hydrogen-bond donors (Lipinski definition) is 1. The Labute approximate surface area is 133 Å². The van der Waals surface area contributed by atoms with E-state index in [9.17, 15) is 13.6 Å². The van der Waals surface area contributed by atoms with Crippen molar-refractivity contribution in [2.75, 3.05) is 7.05 Å². The summed E-state index contributed by atoms with van der Waals surface area (Å²) in [6, 6.07) is 3.15. The number of carbonyl (C=O) groups is 1. The molecule has 0 aliphatic rings. The van der Waals surface area contributed by atoms with Gasteiger partial charge >= 0.3 is 12.6 Å². The number of imidazole rings is 1. The van der Waals surface area contributed by atoms with Crippen molar-refractivity contribution in [3.63, 3.8) is 0 Å². The van der Waals surface area contributed by atoms with Crippen LogP contribution in [0.1, 0.15) is 37.3 Å². The molecule has 0 aromatic carbocycles. The Bertz CT molecular complexity index is 632. The van der Waals surface area contributed by atoms with E-state index in [1.54, 1.807) is 19.4 Å². The molecule has 2 aromatic heterocycles. The van der Waals surface area contributed by atoms with Gasteiger partial charge in [0.25, 0.3) is 0 Å². The maximum atomic E-state index is 12.8. The van der Waals surface area contributed by atoms with Gasteiger partial charge < -0.3 is 10.2 Å². The molecule has 0 saturated carbocycles. The predicted octanol–water partition coefficient (Wildman–Crippen LogP) is 2.97. The minimum absolute atomic E-state index is 0.00402. The van der Waals surface area contributed by atoms with Crippen molar-refractivity contribution < 1.29 is 13.6 Å². The highest BCUT2D eigenvalue weighted by atomic mass is 19.3. The van der Waals surface area contributed by atoms with Crippen LogP contribution in [-0.2, 0) is 6.54 Å². The van der Waals surface area contributed by atoms with Crippen LogP contribution in [0, 0.1) is 0 Å². The smallest absolute Gasteiger partial charge is 0.319 e. The number of hydrogen-bond acceptors (Lipinski definition) is 3. The lowest BCUT2D eigenvalue weighted by atomic mass is 10.1. The van der Waals surface area contributed by atoms with Crippen molar-refractivity contribution in [1.82, 2.24) is 24.8 Å². The number of nitrogens with one attached hydrogen (secondary N) is 1. The third-order valence-corrected chi connectivity index (χ3v) is 3.50. The summed E-state index contributed by atoms with van der Waals surface area (Å²) in [5, 5.41) is 2.88. The van der Waals surface area contributed by atoms with E-state index < -0.39 is 6.55 Å². The van der Waals surface area contributed by atoms with Gasteiger partial charge in [-0.1, -0.05) is 6.92 Å². The Kier molecular flexibility index (Phi) is 5.61. The molecule has 0 bridgehead atoms. The van der Waals surface area contributed by atoms with E-state index in [1.165, 1.54) is 17.3 Å². The highest BCUT2D eigenvalue weighted by molar-refractivity contribution is 5.74. The van der Waals surface area contributed by atoms with Crippen molar-refractivity contribution in [2.24, 2.45) is 0 Å². The van der Waals surface area contributed by atoms with Crippen LogP contribution in [0.2, 0.25) is 0 Å². The highest BCUT2D eigenvalue weighted by Crippen LogP contribution is 2.17. The van der Waals surface area contributed by atoms with Crippen LogP contribution in [0.3, 0.4) is 0 Å². The number of amides is 2. The highest BCUT2D eigenvalue weighted by Gasteiger charge is 2.19. The van der Waals surface area contributed by atoms with Crippen LogP contribution in [0.25, 0.3) is 0 Å². The molecule has 23 heavy (non-hydrogen) atoms. The molecule has 6 nitrogen and oxygen atoms in total. The summed E-state index contributed by atoms with van der Waals surface area (Å²) in [5.41, 5.74) is 0.943. The van der Waals surface area contributed by atoms with Gasteiger partial charge in [-0.25, -0.2) is 9.78 Å². The van der Waals surface area contributed by atoms with Crippen LogP contribution in [-0.4, -0.2) is 32.5 Å². The van der Waals surface area contributed by atoms with Crippen LogP contribution >= 0.6 is 0 Å². The van der Waals surface area contributed by atoms with Crippen molar-refractivity contribution in [2.45, 2.75) is 32.5 Å². The first kappa shape index (κ1) is 16.9. The normalized spacial score (nSPS) is 12.2. The zero-order valence-corrected chi connectivity index (χ0v) is 13.0. The van der Waals surface area contributed by atoms with E-state index >= 15 is 0 Å². The molecule has 0 fully saturated rings. The topological polar surface area (TPSA) is 63.1 Å². The predicted molar refractivity (Wildman–Crippen MR) is 80.7 cm³/mol. The second kappa shape index (κ2) is 7.66. The molecule has 2 rings (SSSR count). The second-order valence-electron chi connectivity index (χ2n) is 5.08. The van der Waals surface area contributed by atoms with Crippen LogP contribution in [0.5, 0.6) is 0 Å². The maximum absolute atomic E-state index is 12.8. The molecule has 0 spiro atoms. The third kappa shape index (κ3) is 4.24. The fourth-order valence-electron chi connectivity index (χ4n) is 2.20. The van der Waals surface area contributed by atoms with Crippen molar-refractivity contribution >= 4 is 6.03 Å². The molecule has 0 unspecified atom stereocenters. The Morgan fingerprint density at radius 3 is 2.65 bits per heavy atom. The molecule has 1 atom stereocenters. The maximum Gasteiger partial charge on any atom is 0.319 e. The zero-order valence-electron chi connectivity index (χ0n) is 13.0. The van der Waals surface area contributed by atoms with Gasteiger partial charge in [-0.3, -0.25) is 9.55 Å². The summed E-state index contributed by atoms with van der Waals surface area (Å²) in [7, 11) is 1.54. The number of rotatable bonds is 6. The summed E-state index contributed by atoms with van der Waals surface area (Å²) in [5.74, 6) is 0.134. The van der Waals surface area contributed by atoms with Gasteiger partial charge in [0, 0.05) is 31.8 Å². The van der Waals surface area contributed by atoms with E-state index in [2.05, 4.69) is 15.3 Å². The van der Waals surface area contributed by atoms with Gasteiger partial charge in [0.2, 0.25) is 0 Å². The Morgan fingerprint density at radius 2 is 2.04 bits per heavy atom. The largest absolute Gasteiger partial charge is 0.331 e. The van der Waals surface area contributed by atoms with E-state index in [0.717, 1.165) is 10.1 Å². The minimum Gasteiger partial charge on any atom is -0.331 e. The van der Waals surface area contributed by atoms with Crippen LogP contribution in [0.15, 0.2) is 36.9 Å². The van der Waals surface area contributed by atoms with E-state index in [1.807, 2.05) is 19.1 Å². The Hall–Kier alpha value is -2.51. The van der Waals surface area contributed by atoms with Gasteiger partial charge in [0.15, 0.2) is 0 Å². The summed E-state index contributed by atoms with van der Waals surface area (Å²) in [6.45, 7) is -0.727. The molecule has 0 aliphatic heterocycles. The first-order chi connectivity index (χ1) is 11.0. The van der Waals surface area contributed by atoms with Crippen molar-refractivity contribution in [3.8, 4) is 0 Å². The minimum atomic E-state index is -2.68. The molecule has 0 radical (unpaired) electrons. The molecule has 0 saturated heterocycles. The summed E-state index contributed by atoms with van der Waals surface area (Å²) in [4.78, 5) is 21.4. The summed E-state index contributed by atoms with van der Waals surface area (Å²) < 4.78 is 26.3. The lowest BCUT2D eigenvalue weighted by molar-refractivity contribution is 0.0650. The molecule has 0 aliphatic carbocycles. The lowest BCUT2D eigenvalue weighted by Gasteiger charge is -2.23. The fourth-order valence-corrected chi connectivity index (χ4v) is 2.20. The number of halogens is 2. The number of urea groups is 1. The third-order valence-electron chi connectivity index (χ3n) is 3.50. The first-order valence-corrected chi connectivity index (χ1v) is 7.24. The van der Waals surface area contributed by atoms with E-state index in [4.69, 9.17) is 0 Å². The monoisotopic (exact) mass is 323 g/mol. The Balaban J connectivity index is 2.00. The molecular weight excluding hydrogens is 304 g/mol. The van der Waals surface area contributed by atoms with Gasteiger partial charge in [-0.2, -0.15) is 8.78 Å². The molecule has 124 valence electrons. The number of aromatic nitrogens is 3. The first-order valence-electron chi connectivity index (χ1n) is 7.24. The molecule has 2 heterocycles. The summed E-state index contributed by atoms with van der Waals surface area (Å²) >= 11 is 0. The summed E-state index contributed by atoms with van der Waals surface area (Å²) in [6.07, 6.45) is 6.51. The molecule has 2 aromatic rings. The van der Waals surface area contributed by atoms with E-state index in [-0.39, 0.29) is 24.4 Å². The van der Waals surface area contributed by atoms with Gasteiger partial charge in [0.05, 0.1) is 12.6 Å². The second-order valence-corrected chi connectivity index (χ2v) is 5.08. The Morgan fingerprint density at radius 1 is 1.35 bits per heavy atom. The van der Waals surface area contributed by atoms with Gasteiger partial charge in [-0.05, 0) is 24.1 Å². The quantitative estimate of drug-likeness (QED) is 0.889. The van der Waals surface area contributed by atoms with Crippen molar-refractivity contribution in [3.05, 3.63) is 48.3 Å². The average molecular weight is 323 g/mol. The molecule has 2 amide bonds. The SMILES string of the molecule is CC[C@@H](NC(=O)N(C)Cc1nccn1C(F)F)c1ccncc1. The van der Waals surface area contributed by atoms with Gasteiger partial charge in [0.1, 0.15) is 5.82 Å². The standard InChI is InChI=1S/C15H19F2N5O/c1-3-12(11-4-6-18-7-5-11)20-15(23)21(2)10-13-19-8-9-22(13)14(16)17/h4-9,12,14H,3,10H2,1-2H3,(H,20,23)/t12-/m1/s1. The number of pyridine rings is 1. The van der Waals surface area contributed by atoms with Gasteiger partial charge in [-0.15, -0.1) is 0 Å². The van der Waals surface area contributed by atoms with Crippen LogP contribution < -0.4 is 5.32 Å². The number of nitrogens with zero attached hydrogens (tertiary/aromatic N) is 4. The van der Waals surface area contributed by atoms with E-state index in [0.29, 0.717) is 6.42 Å². The van der Waals surface area contributed by atoms with Crippen LogP contribution in [0.4, 0.5) is 13.6 Å².